The molecule has 0 aromatic carbocycles. The van der Waals surface area contributed by atoms with Crippen LogP contribution in [0, 0.1) is 10.8 Å². The third kappa shape index (κ3) is 19.1. The number of imide groups is 1. The lowest BCUT2D eigenvalue weighted by Gasteiger charge is -2.30. The number of amides is 2. The lowest BCUT2D eigenvalue weighted by molar-refractivity contribution is -0.199. The number of ether oxygens (including phenoxy) is 3. The van der Waals surface area contributed by atoms with Crippen molar-refractivity contribution in [3.05, 3.63) is 48.8 Å². The monoisotopic (exact) mass is 1020 g/mol. The largest absolute Gasteiger partial charge is 0.468 e. The third-order valence-corrected chi connectivity index (χ3v) is 12.9. The Labute approximate surface area is 366 Å². The summed E-state index contributed by atoms with van der Waals surface area (Å²) in [5.41, 5.74) is -1.81. The Kier molecular flexibility index (Phi) is 24.3. The van der Waals surface area contributed by atoms with E-state index in [-0.39, 0.29) is 38.3 Å². The van der Waals surface area contributed by atoms with Crippen LogP contribution < -0.4 is 0 Å². The van der Waals surface area contributed by atoms with Crippen molar-refractivity contribution in [3.63, 3.8) is 0 Å². The van der Waals surface area contributed by atoms with E-state index in [1.54, 1.807) is 68.6 Å². The molecule has 2 amide bonds. The first kappa shape index (κ1) is 52.6. The summed E-state index contributed by atoms with van der Waals surface area (Å²) >= 11 is 6.61. The first-order valence-electron chi connectivity index (χ1n) is 16.8. The third-order valence-electron chi connectivity index (χ3n) is 7.23. The van der Waals surface area contributed by atoms with Crippen LogP contribution >= 0.6 is 92.9 Å². The van der Waals surface area contributed by atoms with E-state index >= 15 is 0 Å². The van der Waals surface area contributed by atoms with Crippen molar-refractivity contribution < 1.29 is 47.8 Å². The molecule has 0 bridgehead atoms. The molecule has 3 heterocycles. The Bertz CT molecular complexity index is 1580. The minimum atomic E-state index is -1.29. The Morgan fingerprint density at radius 2 is 1.09 bits per heavy atom. The highest BCUT2D eigenvalue weighted by Gasteiger charge is 2.45. The number of alkyl halides is 2. The number of methoxy groups -OCH3 is 1. The van der Waals surface area contributed by atoms with Gasteiger partial charge in [0.25, 0.3) is 11.8 Å². The molecule has 0 N–H and O–H groups in total. The van der Waals surface area contributed by atoms with Gasteiger partial charge in [-0.2, -0.15) is 0 Å². The molecule has 56 heavy (non-hydrogen) atoms. The fraction of sp³-hybridized carbons (Fsp3) is 0.543. The summed E-state index contributed by atoms with van der Waals surface area (Å²) < 4.78 is 13.2. The number of carbonyl (C=O) groups excluding carboxylic acids is 6. The molecule has 2 aromatic rings. The summed E-state index contributed by atoms with van der Waals surface area (Å²) in [6.07, 6.45) is 3.80. The predicted octanol–water partition coefficient (Wildman–Crippen LogP) is 8.30. The van der Waals surface area contributed by atoms with E-state index < -0.39 is 49.2 Å². The summed E-state index contributed by atoms with van der Waals surface area (Å²) in [4.78, 5) is 85.6. The number of hydrogen-bond donors (Lipinski definition) is 0. The fourth-order valence-corrected chi connectivity index (χ4v) is 9.77. The molecule has 1 fully saturated rings. The van der Waals surface area contributed by atoms with E-state index in [2.05, 4.69) is 59.7 Å². The van der Waals surface area contributed by atoms with Crippen LogP contribution in [0.1, 0.15) is 67.2 Å². The Morgan fingerprint density at radius 1 is 0.696 bits per heavy atom. The summed E-state index contributed by atoms with van der Waals surface area (Å²) in [5, 5.41) is 2.28. The van der Waals surface area contributed by atoms with Crippen molar-refractivity contribution in [2.75, 3.05) is 31.8 Å². The average molecular weight is 1020 g/mol. The van der Waals surface area contributed by atoms with Gasteiger partial charge in [-0.15, -0.1) is 22.9 Å². The molecule has 3 rings (SSSR count). The van der Waals surface area contributed by atoms with Crippen molar-refractivity contribution in [3.8, 4) is 0 Å². The van der Waals surface area contributed by atoms with Crippen molar-refractivity contribution >= 4 is 129 Å². The number of pyridine rings is 2. The van der Waals surface area contributed by atoms with Gasteiger partial charge in [0.05, 0.1) is 17.9 Å². The molecule has 0 spiro atoms. The molecule has 2 aromatic heterocycles. The van der Waals surface area contributed by atoms with Crippen molar-refractivity contribution in [1.29, 1.82) is 0 Å². The van der Waals surface area contributed by atoms with Crippen molar-refractivity contribution in [2.45, 2.75) is 85.9 Å². The standard InChI is InChI=1S/C19H23BrN2O6S2.C16H22BrNO4S2.H4P2/c1-18(2,16(25)27-10-11-29-30-13-6-4-5-9-21-13)12-19(3,20)17(26)28-22-14(23)7-8-15(22)24;1-15(2,11-16(3,17)14(20)21-4)13(19)22-9-10-23-24-12-7-5-6-8-18-12;1-2/h4-6,9H,7-8,10-12H2,1-3H3;5-8H,9-11H2,1-4H3;1-2H2. The molecule has 0 radical (unpaired) electrons. The molecule has 4 atom stereocenters. The summed E-state index contributed by atoms with van der Waals surface area (Å²) in [5.74, 6) is -1.91. The number of hydroxylamine groups is 2. The number of hydrogen-bond acceptors (Lipinski definition) is 16. The van der Waals surface area contributed by atoms with Crippen LogP contribution in [-0.2, 0) is 47.8 Å². The minimum absolute atomic E-state index is 0.0135. The second-order valence-electron chi connectivity index (χ2n) is 13.4. The fourth-order valence-electron chi connectivity index (χ4n) is 4.72. The SMILES string of the molecule is CC(C)(CC(C)(Br)C(=O)ON1C(=O)CCC1=O)C(=O)OCCSSc1ccccn1.COC(=O)C(C)(Br)CC(C)(C)C(=O)OCCSSc1ccccn1.PP. The maximum atomic E-state index is 12.5. The number of halogens is 2. The molecule has 4 unspecified atom stereocenters. The van der Waals surface area contributed by atoms with E-state index in [0.717, 1.165) is 10.1 Å². The normalized spacial score (nSPS) is 14.8. The number of carbonyl (C=O) groups is 6. The molecule has 21 heteroatoms. The molecule has 0 saturated carbocycles. The lowest BCUT2D eigenvalue weighted by atomic mass is 9.83. The summed E-state index contributed by atoms with van der Waals surface area (Å²) in [7, 11) is 12.1. The molecule has 1 aliphatic heterocycles. The number of aromatic nitrogens is 2. The van der Waals surface area contributed by atoms with Gasteiger partial charge >= 0.3 is 23.9 Å². The topological polar surface area (TPSA) is 168 Å². The van der Waals surface area contributed by atoms with Crippen molar-refractivity contribution in [2.24, 2.45) is 10.8 Å². The van der Waals surface area contributed by atoms with E-state index in [9.17, 15) is 28.8 Å². The Hall–Kier alpha value is -1.46. The van der Waals surface area contributed by atoms with Crippen LogP contribution in [0.25, 0.3) is 0 Å². The number of nitrogens with zero attached hydrogens (tertiary/aromatic N) is 3. The highest BCUT2D eigenvalue weighted by molar-refractivity contribution is 9.10. The van der Waals surface area contributed by atoms with E-state index in [0.29, 0.717) is 23.2 Å². The van der Waals surface area contributed by atoms with Crippen LogP contribution in [0.5, 0.6) is 0 Å². The minimum Gasteiger partial charge on any atom is -0.468 e. The van der Waals surface area contributed by atoms with Gasteiger partial charge in [0.15, 0.2) is 0 Å². The molecule has 0 aliphatic carbocycles. The highest BCUT2D eigenvalue weighted by atomic mass is 79.9. The molecular formula is C35H49Br2N3O10P2S4. The first-order chi connectivity index (χ1) is 26.2. The van der Waals surface area contributed by atoms with Crippen LogP contribution in [0.4, 0.5) is 0 Å². The summed E-state index contributed by atoms with van der Waals surface area (Å²) in [6, 6.07) is 11.4. The van der Waals surface area contributed by atoms with Crippen LogP contribution in [0.2, 0.25) is 0 Å². The number of esters is 3. The van der Waals surface area contributed by atoms with Gasteiger partial charge in [0.2, 0.25) is 0 Å². The molecule has 1 aliphatic rings. The molecular weight excluding hydrogens is 972 g/mol. The van der Waals surface area contributed by atoms with Gasteiger partial charge in [0.1, 0.15) is 31.9 Å². The van der Waals surface area contributed by atoms with E-state index in [1.807, 2.05) is 36.4 Å². The van der Waals surface area contributed by atoms with Gasteiger partial charge in [-0.25, -0.2) is 14.8 Å². The van der Waals surface area contributed by atoms with Crippen LogP contribution in [0.15, 0.2) is 58.8 Å². The highest BCUT2D eigenvalue weighted by Crippen LogP contribution is 2.38. The molecule has 1 saturated heterocycles. The average Bonchev–Trinajstić information content (AvgIpc) is 3.47. The molecule has 312 valence electrons. The van der Waals surface area contributed by atoms with Gasteiger partial charge in [-0.3, -0.25) is 24.0 Å². The zero-order chi connectivity index (χ0) is 42.6. The second kappa shape index (κ2) is 25.9. The van der Waals surface area contributed by atoms with Gasteiger partial charge in [0, 0.05) is 36.7 Å². The molecule has 13 nitrogen and oxygen atoms in total. The zero-order valence-corrected chi connectivity index (χ0v) is 41.0. The smallest absolute Gasteiger partial charge is 0.349 e. The predicted molar refractivity (Wildman–Crippen MR) is 237 cm³/mol. The van der Waals surface area contributed by atoms with Gasteiger partial charge < -0.3 is 19.0 Å². The lowest BCUT2D eigenvalue weighted by Crippen LogP contribution is -2.43. The van der Waals surface area contributed by atoms with Crippen LogP contribution in [0.3, 0.4) is 0 Å². The number of rotatable bonds is 19. The van der Waals surface area contributed by atoms with Gasteiger partial charge in [-0.05, 0) is 100 Å². The van der Waals surface area contributed by atoms with Gasteiger partial charge in [-0.1, -0.05) is 65.6 Å². The zero-order valence-electron chi connectivity index (χ0n) is 32.2. The Balaban J connectivity index is 0.000000549. The Morgan fingerprint density at radius 3 is 1.45 bits per heavy atom. The quantitative estimate of drug-likeness (QED) is 0.0250. The first-order valence-corrected chi connectivity index (χ1v) is 25.7. The van der Waals surface area contributed by atoms with Crippen molar-refractivity contribution in [1.82, 2.24) is 15.0 Å². The second-order valence-corrected chi connectivity index (χ2v) is 21.8. The summed E-state index contributed by atoms with van der Waals surface area (Å²) in [6.45, 7) is 10.6. The van der Waals surface area contributed by atoms with Crippen LogP contribution in [-0.4, -0.2) is 91.2 Å². The maximum absolute atomic E-state index is 12.5. The maximum Gasteiger partial charge on any atom is 0.349 e. The van der Waals surface area contributed by atoms with E-state index in [1.165, 1.54) is 35.6 Å². The van der Waals surface area contributed by atoms with E-state index in [4.69, 9.17) is 19.0 Å².